The molecule has 6 aromatic rings. The number of aliphatic carboxylic acids is 1. The zero-order valence-electron chi connectivity index (χ0n) is 55.8. The van der Waals surface area contributed by atoms with Gasteiger partial charge in [0.25, 0.3) is 22.9 Å². The third kappa shape index (κ3) is 18.5. The summed E-state index contributed by atoms with van der Waals surface area (Å²) in [6.45, 7) is 6.25. The van der Waals surface area contributed by atoms with Gasteiger partial charge in [-0.05, 0) is 82.1 Å². The Morgan fingerprint density at radius 1 is 0.440 bits per heavy atom. The molecule has 2 fully saturated rings. The number of carboxylic acid groups (broad SMARTS) is 1. The van der Waals surface area contributed by atoms with Gasteiger partial charge in [0.2, 0.25) is 0 Å². The van der Waals surface area contributed by atoms with E-state index >= 15 is 0 Å². The average Bonchev–Trinajstić information content (AvgIpc) is 1.35. The molecule has 55 heteroatoms. The van der Waals surface area contributed by atoms with Gasteiger partial charge in [0, 0.05) is 279 Å². The fraction of sp³-hybridized carbons (Fsp3) is 0.244. The van der Waals surface area contributed by atoms with Crippen LogP contribution in [0.5, 0.6) is 0 Å². The second kappa shape index (κ2) is 34.8. The highest BCUT2D eigenvalue weighted by Crippen LogP contribution is 2.36. The summed E-state index contributed by atoms with van der Waals surface area (Å²) < 4.78 is 29.5. The van der Waals surface area contributed by atoms with Crippen LogP contribution in [0, 0.1) is 11.6 Å². The first-order valence-electron chi connectivity index (χ1n) is 31.4. The molecule has 0 bridgehead atoms. The number of halogens is 2. The van der Waals surface area contributed by atoms with Crippen LogP contribution >= 0.6 is 0 Å². The fourth-order valence-electron chi connectivity index (χ4n) is 13.3. The molecule has 2 saturated heterocycles. The van der Waals surface area contributed by atoms with E-state index in [0.29, 0.717) is 49.0 Å². The van der Waals surface area contributed by atoms with Crippen molar-refractivity contribution in [3.63, 3.8) is 0 Å². The van der Waals surface area contributed by atoms with Crippen molar-refractivity contribution in [1.29, 1.82) is 0 Å². The van der Waals surface area contributed by atoms with Crippen molar-refractivity contribution in [3.05, 3.63) is 140 Å². The second-order valence-corrected chi connectivity index (χ2v) is 26.1. The number of benzene rings is 4. The molecule has 38 radical (unpaired) electrons. The number of nitrogens with one attached hydrogen (secondary N) is 2. The van der Waals surface area contributed by atoms with Crippen LogP contribution in [0.2, 0.25) is 0 Å². The summed E-state index contributed by atoms with van der Waals surface area (Å²) >= 11 is 0. The van der Waals surface area contributed by atoms with Crippen LogP contribution in [0.1, 0.15) is 57.1 Å². The summed E-state index contributed by atoms with van der Waals surface area (Å²) in [6.07, 6.45) is -17.9. The Balaban J connectivity index is 0.000000236. The molecule has 4 heterocycles. The molecule has 100 heavy (non-hydrogen) atoms. The van der Waals surface area contributed by atoms with Gasteiger partial charge in [-0.25, -0.2) is 38.4 Å². The lowest BCUT2D eigenvalue weighted by Gasteiger charge is -2.53. The van der Waals surface area contributed by atoms with Gasteiger partial charge in [0.05, 0.1) is 40.1 Å². The van der Waals surface area contributed by atoms with Crippen molar-refractivity contribution in [2.45, 2.75) is 58.5 Å². The molecule has 2 aliphatic heterocycles. The molecule has 6 amide bonds. The largest absolute Gasteiger partial charge is 0.480 e. The lowest BCUT2D eigenvalue weighted by Crippen LogP contribution is -2.91. The lowest BCUT2D eigenvalue weighted by atomic mass is 8.29. The molecular formula is C45H40B36F2N8O9. The van der Waals surface area contributed by atoms with Gasteiger partial charge in [-0.3, -0.25) is 33.7 Å². The number of carbonyl (C=O) groups excluding carboxylic acids is 5. The van der Waals surface area contributed by atoms with E-state index in [0.717, 1.165) is 20.8 Å². The molecule has 3 N–H and O–H groups in total. The Labute approximate surface area is 614 Å². The molecule has 0 aliphatic carbocycles. The van der Waals surface area contributed by atoms with Gasteiger partial charge < -0.3 is 10.0 Å². The summed E-state index contributed by atoms with van der Waals surface area (Å²) in [7, 11) is 117. The summed E-state index contributed by atoms with van der Waals surface area (Å²) in [6, 6.07) is 20.3. The minimum absolute atomic E-state index is 0.189. The number of rotatable bonds is 26. The van der Waals surface area contributed by atoms with Crippen molar-refractivity contribution in [2.24, 2.45) is 0 Å². The van der Waals surface area contributed by atoms with Crippen molar-refractivity contribution in [3.8, 4) is 0 Å². The highest BCUT2D eigenvalue weighted by Gasteiger charge is 2.57. The number of H-pyrrole nitrogens is 2. The van der Waals surface area contributed by atoms with Crippen LogP contribution < -0.4 is 20.9 Å². The Morgan fingerprint density at radius 3 is 1.04 bits per heavy atom. The normalized spacial score (nSPS) is 13.4. The Bertz CT molecular complexity index is 3840. The number of amides is 6. The SMILES string of the molecule is CC(=O)CN1C(=O)N(c2cc(Cc3n[nH]c(=O)c4ccccc34)ccc2F)C(=O)C1(C)C.CC1(C)C(=O)N(c2cc(Cc3n[nH]c(=O)c4ccccc34)ccc2F)C(=O)N1CC(=O)O.[B]B([B])B([B])B(B(B([B])[B])B([B])[B])B(B(B([B])[B])B([B])[B])B(B(B([B])[B])B([B])[B])B(B([B])[B])B([B])[B]. The number of hydrogen-bond donors (Lipinski definition) is 3. The standard InChI is InChI=1S/C23H21FN4O4.C22H19FN4O5.B36/c1-13(29)12-27-22(32)28(21(31)23(27,2)3)19-11-14(8-9-17(19)24)10-18-15-6-4-5-7-16(15)20(30)26-25-18;1-22(2)20(31)27(21(32)26(22)11-18(28)29)17-10-12(7-8-15(17)23)9-16-13-5-3-4-6-14(13)19(30)25-24-16;1-20(2)29(19)34(30(21(3)4)22(5)6)36(33(27(15)16)28(17)18)35(31(23(7)8)24(9)10)32(25(11)12)26(13)14/h4-9,11H,10,12H2,1-3H3,(H,26,30);3-8,10H,9,11H2,1-2H3,(H,25,30)(H,28,29);. The van der Waals surface area contributed by atoms with Crippen LogP contribution in [0.3, 0.4) is 0 Å². The smallest absolute Gasteiger partial charge is 0.332 e. The van der Waals surface area contributed by atoms with Crippen molar-refractivity contribution >= 4 is 324 Å². The maximum atomic E-state index is 14.8. The number of anilines is 2. The van der Waals surface area contributed by atoms with Crippen molar-refractivity contribution in [1.82, 2.24) is 30.2 Å². The van der Waals surface area contributed by atoms with Gasteiger partial charge in [0.15, 0.2) is 0 Å². The number of carbonyl (C=O) groups is 6. The van der Waals surface area contributed by atoms with E-state index in [4.69, 9.17) is 152 Å². The van der Waals surface area contributed by atoms with Crippen molar-refractivity contribution in [2.75, 3.05) is 22.9 Å². The van der Waals surface area contributed by atoms with Crippen LogP contribution in [0.15, 0.2) is 94.5 Å². The van der Waals surface area contributed by atoms with E-state index in [1.165, 1.54) is 65.0 Å². The summed E-state index contributed by atoms with van der Waals surface area (Å²) in [5, 5.41) is 24.4. The molecule has 0 unspecified atom stereocenters. The molecule has 2 aromatic heterocycles. The number of urea groups is 2. The lowest BCUT2D eigenvalue weighted by molar-refractivity contribution is -0.139. The fourth-order valence-corrected chi connectivity index (χ4v) is 13.3. The molecule has 0 atom stereocenters. The summed E-state index contributed by atoms with van der Waals surface area (Å²) in [5.41, 5.74) is -1.62. The number of fused-ring (bicyclic) bond motifs is 2. The first kappa shape index (κ1) is 83.3. The second-order valence-electron chi connectivity index (χ2n) is 26.1. The summed E-state index contributed by atoms with van der Waals surface area (Å²) in [4.78, 5) is 102. The van der Waals surface area contributed by atoms with Crippen LogP contribution in [0.4, 0.5) is 29.7 Å². The molecule has 0 spiro atoms. The van der Waals surface area contributed by atoms with E-state index in [-0.39, 0.29) is 47.7 Å². The number of nitrogens with zero attached hydrogens (tertiary/aromatic N) is 6. The predicted molar refractivity (Wildman–Crippen MR) is 436 cm³/mol. The van der Waals surface area contributed by atoms with Gasteiger partial charge >= 0.3 is 18.0 Å². The highest BCUT2D eigenvalue weighted by molar-refractivity contribution is 8.30. The molecule has 8 rings (SSSR count). The topological polar surface area (TPSA) is 227 Å². The number of Topliss-reactive ketones (excluding diaryl/α,β-unsaturated/α-hetero) is 1. The van der Waals surface area contributed by atoms with Gasteiger partial charge in [-0.2, -0.15) is 10.2 Å². The van der Waals surface area contributed by atoms with Gasteiger partial charge in [-0.15, -0.1) is 0 Å². The third-order valence-corrected chi connectivity index (χ3v) is 18.2. The first-order valence-corrected chi connectivity index (χ1v) is 31.4. The average molecular weight is 1260 g/mol. The van der Waals surface area contributed by atoms with E-state index in [2.05, 4.69) is 20.4 Å². The number of hydrogen-bond acceptors (Lipinski definition) is 10. The zero-order valence-corrected chi connectivity index (χ0v) is 55.8. The Morgan fingerprint density at radius 2 is 0.740 bits per heavy atom. The first-order chi connectivity index (χ1) is 46.5. The van der Waals surface area contributed by atoms with E-state index in [1.807, 2.05) is 0 Å². The Kier molecular flexibility index (Phi) is 29.0. The van der Waals surface area contributed by atoms with Crippen molar-refractivity contribution < 1.29 is 42.7 Å². The zero-order chi connectivity index (χ0) is 75.2. The number of aromatic nitrogens is 4. The number of imide groups is 2. The molecular weight excluding hydrogens is 1220 g/mol. The quantitative estimate of drug-likeness (QED) is 0.0342. The molecule has 2 aliphatic rings. The number of aromatic amines is 2. The maximum absolute atomic E-state index is 14.8. The monoisotopic (exact) mass is 1270 g/mol. The molecule has 17 nitrogen and oxygen atoms in total. The van der Waals surface area contributed by atoms with E-state index in [1.54, 1.807) is 48.5 Å². The van der Waals surface area contributed by atoms with Crippen LogP contribution in [-0.4, -0.2) is 351 Å². The molecule has 4 aromatic carbocycles. The van der Waals surface area contributed by atoms with E-state index in [9.17, 15) is 47.1 Å². The van der Waals surface area contributed by atoms with Gasteiger partial charge in [0.1, 0.15) is 35.0 Å². The van der Waals surface area contributed by atoms with Crippen LogP contribution in [-0.2, 0) is 32.0 Å². The van der Waals surface area contributed by atoms with Crippen LogP contribution in [0.25, 0.3) is 21.5 Å². The molecule has 0 saturated carbocycles. The van der Waals surface area contributed by atoms with E-state index < -0.39 is 168 Å². The number of carboxylic acids is 1. The third-order valence-electron chi connectivity index (χ3n) is 18.2. The highest BCUT2D eigenvalue weighted by atomic mass is 19.1. The molecule has 436 valence electrons. The Hall–Kier alpha value is -5.62. The maximum Gasteiger partial charge on any atom is 0.332 e. The van der Waals surface area contributed by atoms with Gasteiger partial charge in [-0.1, -0.05) is 48.5 Å². The number of ketones is 1. The minimum atomic E-state index is -1.45. The minimum Gasteiger partial charge on any atom is -0.480 e. The summed E-state index contributed by atoms with van der Waals surface area (Å²) in [5.74, 6) is -4.46. The predicted octanol–water partition coefficient (Wildman–Crippen LogP) is -8.63.